The van der Waals surface area contributed by atoms with E-state index >= 15 is 0 Å². The lowest BCUT2D eigenvalue weighted by Gasteiger charge is -2.07. The van der Waals surface area contributed by atoms with Gasteiger partial charge in [-0.15, -0.1) is 0 Å². The van der Waals surface area contributed by atoms with Crippen molar-refractivity contribution in [2.75, 3.05) is 6.61 Å². The van der Waals surface area contributed by atoms with Gasteiger partial charge in [-0.05, 0) is 25.1 Å². The van der Waals surface area contributed by atoms with Gasteiger partial charge in [0.05, 0.1) is 6.42 Å². The van der Waals surface area contributed by atoms with E-state index in [2.05, 4.69) is 4.98 Å². The highest BCUT2D eigenvalue weighted by Gasteiger charge is 2.19. The van der Waals surface area contributed by atoms with Gasteiger partial charge in [-0.25, -0.2) is 4.39 Å². The third kappa shape index (κ3) is 3.56. The number of hydrogen-bond acceptors (Lipinski definition) is 3. The molecule has 0 unspecified atom stereocenters. The van der Waals surface area contributed by atoms with Crippen LogP contribution >= 0.6 is 11.6 Å². The van der Waals surface area contributed by atoms with Crippen LogP contribution in [0.1, 0.15) is 21.6 Å². The zero-order valence-electron chi connectivity index (χ0n) is 13.4. The molecule has 6 heteroatoms. The molecule has 1 heterocycles. The molecule has 0 aliphatic carbocycles. The van der Waals surface area contributed by atoms with E-state index in [1.54, 1.807) is 6.92 Å². The number of carbonyl (C=O) groups is 2. The van der Waals surface area contributed by atoms with E-state index in [4.69, 9.17) is 16.3 Å². The van der Waals surface area contributed by atoms with Gasteiger partial charge in [0.1, 0.15) is 5.82 Å². The first kappa shape index (κ1) is 17.2. The minimum absolute atomic E-state index is 0.0601. The number of halogens is 2. The molecule has 1 N–H and O–H groups in total. The molecule has 0 spiro atoms. The summed E-state index contributed by atoms with van der Waals surface area (Å²) >= 11 is 5.88. The van der Waals surface area contributed by atoms with Crippen molar-refractivity contribution in [3.05, 3.63) is 70.1 Å². The molecule has 2 aromatic carbocycles. The van der Waals surface area contributed by atoms with E-state index in [-0.39, 0.29) is 22.8 Å². The Kier molecular flexibility index (Phi) is 4.86. The number of aromatic amines is 1. The topological polar surface area (TPSA) is 59.2 Å². The number of benzene rings is 2. The molecule has 0 saturated carbocycles. The predicted molar refractivity (Wildman–Crippen MR) is 93.4 cm³/mol. The lowest BCUT2D eigenvalue weighted by atomic mass is 10.1. The lowest BCUT2D eigenvalue weighted by molar-refractivity contribution is -0.141. The maximum atomic E-state index is 13.7. The van der Waals surface area contributed by atoms with Gasteiger partial charge >= 0.3 is 5.97 Å². The number of hydrogen-bond donors (Lipinski definition) is 1. The number of ether oxygens (including phenoxy) is 1. The Bertz CT molecular complexity index is 944. The zero-order valence-corrected chi connectivity index (χ0v) is 14.2. The minimum atomic E-state index is -0.710. The van der Waals surface area contributed by atoms with Crippen LogP contribution < -0.4 is 0 Å². The minimum Gasteiger partial charge on any atom is -0.457 e. The Labute approximate surface area is 148 Å². The normalized spacial score (nSPS) is 10.8. The van der Waals surface area contributed by atoms with E-state index < -0.39 is 18.4 Å². The smallest absolute Gasteiger partial charge is 0.310 e. The van der Waals surface area contributed by atoms with Crippen molar-refractivity contribution in [1.82, 2.24) is 4.98 Å². The molecule has 128 valence electrons. The summed E-state index contributed by atoms with van der Waals surface area (Å²) in [6, 6.07) is 11.6. The summed E-state index contributed by atoms with van der Waals surface area (Å²) in [5.41, 5.74) is 2.10. The zero-order chi connectivity index (χ0) is 18.0. The molecule has 0 bridgehead atoms. The van der Waals surface area contributed by atoms with Gasteiger partial charge < -0.3 is 9.72 Å². The SMILES string of the molecule is Cc1[nH]c2ccccc2c1C(=O)COC(=O)Cc1c(F)cccc1Cl. The van der Waals surface area contributed by atoms with Crippen LogP contribution in [0, 0.1) is 12.7 Å². The number of fused-ring (bicyclic) bond motifs is 1. The molecule has 25 heavy (non-hydrogen) atoms. The van der Waals surface area contributed by atoms with Crippen LogP contribution in [0.4, 0.5) is 4.39 Å². The summed E-state index contributed by atoms with van der Waals surface area (Å²) in [6.45, 7) is 1.38. The first-order valence-electron chi connectivity index (χ1n) is 7.66. The average molecular weight is 360 g/mol. The second-order valence-corrected chi connectivity index (χ2v) is 6.04. The summed E-state index contributed by atoms with van der Waals surface area (Å²) in [5, 5.41) is 0.925. The molecule has 0 atom stereocenters. The predicted octanol–water partition coefficient (Wildman–Crippen LogP) is 4.24. The van der Waals surface area contributed by atoms with E-state index in [0.717, 1.165) is 10.9 Å². The van der Waals surface area contributed by atoms with Gasteiger partial charge in [-0.1, -0.05) is 35.9 Å². The Morgan fingerprint density at radius 3 is 2.68 bits per heavy atom. The maximum absolute atomic E-state index is 13.7. The molecule has 1 aromatic heterocycles. The van der Waals surface area contributed by atoms with Crippen molar-refractivity contribution < 1.29 is 18.7 Å². The maximum Gasteiger partial charge on any atom is 0.310 e. The molecular weight excluding hydrogens is 345 g/mol. The fourth-order valence-electron chi connectivity index (χ4n) is 2.75. The number of nitrogens with one attached hydrogen (secondary N) is 1. The number of H-pyrrole nitrogens is 1. The van der Waals surface area contributed by atoms with Crippen molar-refractivity contribution >= 4 is 34.3 Å². The molecule has 0 amide bonds. The van der Waals surface area contributed by atoms with Crippen molar-refractivity contribution in [3.8, 4) is 0 Å². The first-order valence-corrected chi connectivity index (χ1v) is 8.04. The number of aromatic nitrogens is 1. The van der Waals surface area contributed by atoms with Gasteiger partial charge in [0.2, 0.25) is 5.78 Å². The number of aryl methyl sites for hydroxylation is 1. The van der Waals surface area contributed by atoms with Gasteiger partial charge in [-0.2, -0.15) is 0 Å². The summed E-state index contributed by atoms with van der Waals surface area (Å²) < 4.78 is 18.7. The van der Waals surface area contributed by atoms with Crippen LogP contribution in [0.3, 0.4) is 0 Å². The highest BCUT2D eigenvalue weighted by molar-refractivity contribution is 6.31. The second kappa shape index (κ2) is 7.07. The highest BCUT2D eigenvalue weighted by atomic mass is 35.5. The van der Waals surface area contributed by atoms with Gasteiger partial charge in [0.25, 0.3) is 0 Å². The fraction of sp³-hybridized carbons (Fsp3) is 0.158. The molecule has 3 aromatic rings. The van der Waals surface area contributed by atoms with Gasteiger partial charge in [-0.3, -0.25) is 9.59 Å². The van der Waals surface area contributed by atoms with Crippen LogP contribution in [0.25, 0.3) is 10.9 Å². The number of rotatable bonds is 5. The number of carbonyl (C=O) groups excluding carboxylic acids is 2. The molecule has 0 saturated heterocycles. The molecule has 0 aliphatic rings. The van der Waals surface area contributed by atoms with E-state index in [0.29, 0.717) is 11.3 Å². The molecule has 0 radical (unpaired) electrons. The number of esters is 1. The number of para-hydroxylation sites is 1. The van der Waals surface area contributed by atoms with Gasteiger partial charge in [0.15, 0.2) is 6.61 Å². The Morgan fingerprint density at radius 2 is 1.92 bits per heavy atom. The summed E-state index contributed by atoms with van der Waals surface area (Å²) in [6.07, 6.45) is -0.328. The van der Waals surface area contributed by atoms with Crippen LogP contribution in [-0.2, 0) is 16.0 Å². The summed E-state index contributed by atoms with van der Waals surface area (Å²) in [7, 11) is 0. The van der Waals surface area contributed by atoms with E-state index in [1.807, 2.05) is 24.3 Å². The standard InChI is InChI=1S/C19H15ClFNO3/c1-11-19(12-5-2-3-8-16(12)22-11)17(23)10-25-18(24)9-13-14(20)6-4-7-15(13)21/h2-8,22H,9-10H2,1H3. The quantitative estimate of drug-likeness (QED) is 0.547. The van der Waals surface area contributed by atoms with E-state index in [1.165, 1.54) is 18.2 Å². The number of Topliss-reactive ketones (excluding diaryl/α,β-unsaturated/α-hetero) is 1. The van der Waals surface area contributed by atoms with Crippen molar-refractivity contribution in [2.45, 2.75) is 13.3 Å². The van der Waals surface area contributed by atoms with Crippen LogP contribution in [-0.4, -0.2) is 23.3 Å². The molecule has 0 fully saturated rings. The summed E-state index contributed by atoms with van der Waals surface area (Å²) in [5.74, 6) is -1.61. The van der Waals surface area contributed by atoms with Gasteiger partial charge in [0, 0.05) is 32.7 Å². The molecular formula is C19H15ClFNO3. The third-order valence-electron chi connectivity index (χ3n) is 3.92. The Hall–Kier alpha value is -2.66. The van der Waals surface area contributed by atoms with E-state index in [9.17, 15) is 14.0 Å². The monoisotopic (exact) mass is 359 g/mol. The molecule has 4 nitrogen and oxygen atoms in total. The van der Waals surface area contributed by atoms with Crippen molar-refractivity contribution in [3.63, 3.8) is 0 Å². The fourth-order valence-corrected chi connectivity index (χ4v) is 2.98. The van der Waals surface area contributed by atoms with Crippen LogP contribution in [0.15, 0.2) is 42.5 Å². The Morgan fingerprint density at radius 1 is 1.16 bits per heavy atom. The van der Waals surface area contributed by atoms with Crippen LogP contribution in [0.5, 0.6) is 0 Å². The van der Waals surface area contributed by atoms with Crippen molar-refractivity contribution in [2.24, 2.45) is 0 Å². The van der Waals surface area contributed by atoms with Crippen molar-refractivity contribution in [1.29, 1.82) is 0 Å². The largest absolute Gasteiger partial charge is 0.457 e. The average Bonchev–Trinajstić information content (AvgIpc) is 2.92. The highest BCUT2D eigenvalue weighted by Crippen LogP contribution is 2.23. The lowest BCUT2D eigenvalue weighted by Crippen LogP contribution is -2.16. The van der Waals surface area contributed by atoms with Crippen LogP contribution in [0.2, 0.25) is 5.02 Å². The molecule has 0 aliphatic heterocycles. The Balaban J connectivity index is 1.70. The third-order valence-corrected chi connectivity index (χ3v) is 4.27. The molecule has 3 rings (SSSR count). The summed E-state index contributed by atoms with van der Waals surface area (Å²) in [4.78, 5) is 27.5. The first-order chi connectivity index (χ1) is 12.0. The second-order valence-electron chi connectivity index (χ2n) is 5.63. The number of ketones is 1.